The van der Waals surface area contributed by atoms with Crippen LogP contribution in [0.2, 0.25) is 0 Å². The first-order chi connectivity index (χ1) is 6.08. The molecule has 0 aliphatic carbocycles. The molecule has 1 unspecified atom stereocenters. The highest BCUT2D eigenvalue weighted by Crippen LogP contribution is 2.13. The van der Waals surface area contributed by atoms with Crippen LogP contribution in [0.15, 0.2) is 0 Å². The number of hydrogen-bond donors (Lipinski definition) is 2. The summed E-state index contributed by atoms with van der Waals surface area (Å²) >= 11 is 4.74. The topological polar surface area (TPSA) is 72.2 Å². The van der Waals surface area contributed by atoms with E-state index in [2.05, 4.69) is 4.72 Å². The molecule has 0 aliphatic rings. The number of nitrogens with one attached hydrogen (secondary N) is 1. The lowest BCUT2D eigenvalue weighted by atomic mass is 10.2. The molecular weight excluding hydrogens is 220 g/mol. The quantitative estimate of drug-likeness (QED) is 0.705. The molecule has 0 bridgehead atoms. The minimum absolute atomic E-state index is 0.123. The maximum atomic E-state index is 11.6. The summed E-state index contributed by atoms with van der Waals surface area (Å²) in [4.78, 5) is 0.321. The van der Waals surface area contributed by atoms with Gasteiger partial charge >= 0.3 is 0 Å². The second-order valence-electron chi connectivity index (χ2n) is 4.27. The minimum atomic E-state index is -3.29. The molecule has 0 fully saturated rings. The molecular formula is C8H18N2O2S2. The van der Waals surface area contributed by atoms with E-state index in [-0.39, 0.29) is 12.5 Å². The summed E-state index contributed by atoms with van der Waals surface area (Å²) < 4.78 is 24.8. The van der Waals surface area contributed by atoms with Crippen molar-refractivity contribution in [3.8, 4) is 0 Å². The van der Waals surface area contributed by atoms with Gasteiger partial charge in [-0.3, -0.25) is 0 Å². The molecule has 0 amide bonds. The van der Waals surface area contributed by atoms with Gasteiger partial charge in [0.2, 0.25) is 10.0 Å². The van der Waals surface area contributed by atoms with Gasteiger partial charge in [0, 0.05) is 12.5 Å². The molecule has 0 aromatic carbocycles. The van der Waals surface area contributed by atoms with Crippen molar-refractivity contribution in [2.24, 2.45) is 11.7 Å². The van der Waals surface area contributed by atoms with Crippen LogP contribution in [0.1, 0.15) is 27.7 Å². The fourth-order valence-corrected chi connectivity index (χ4v) is 1.54. The predicted molar refractivity (Wildman–Crippen MR) is 62.6 cm³/mol. The predicted octanol–water partition coefficient (Wildman–Crippen LogP) is 0.626. The summed E-state index contributed by atoms with van der Waals surface area (Å²) in [7, 11) is -3.29. The van der Waals surface area contributed by atoms with Gasteiger partial charge in [-0.25, -0.2) is 13.1 Å². The van der Waals surface area contributed by atoms with E-state index in [9.17, 15) is 8.42 Å². The fourth-order valence-electron chi connectivity index (χ4n) is 0.552. The Balaban J connectivity index is 4.36. The number of rotatable bonds is 4. The van der Waals surface area contributed by atoms with E-state index in [1.54, 1.807) is 27.7 Å². The van der Waals surface area contributed by atoms with E-state index in [4.69, 9.17) is 18.0 Å². The first-order valence-electron chi connectivity index (χ1n) is 4.36. The molecule has 0 aromatic heterocycles. The lowest BCUT2D eigenvalue weighted by molar-refractivity contribution is 0.540. The van der Waals surface area contributed by atoms with Crippen LogP contribution in [0.4, 0.5) is 0 Å². The molecule has 1 atom stereocenters. The monoisotopic (exact) mass is 238 g/mol. The highest BCUT2D eigenvalue weighted by Gasteiger charge is 2.28. The Labute approximate surface area is 91.3 Å². The molecule has 0 rings (SSSR count). The van der Waals surface area contributed by atoms with Gasteiger partial charge in [-0.05, 0) is 20.8 Å². The highest BCUT2D eigenvalue weighted by molar-refractivity contribution is 7.90. The van der Waals surface area contributed by atoms with E-state index in [0.717, 1.165) is 0 Å². The Kier molecular flexibility index (Phi) is 4.48. The standard InChI is InChI=1S/C8H18N2O2S2/c1-6(7(9)13)5-10-14(11,12)8(2,3)4/h6,10H,5H2,1-4H3,(H2,9,13). The van der Waals surface area contributed by atoms with Crippen molar-refractivity contribution in [3.63, 3.8) is 0 Å². The average Bonchev–Trinajstić information content (AvgIpc) is 1.97. The van der Waals surface area contributed by atoms with Crippen LogP contribution in [-0.2, 0) is 10.0 Å². The summed E-state index contributed by atoms with van der Waals surface area (Å²) in [5.74, 6) is -0.123. The molecule has 0 saturated carbocycles. The van der Waals surface area contributed by atoms with Crippen LogP contribution >= 0.6 is 12.2 Å². The van der Waals surface area contributed by atoms with Crippen molar-refractivity contribution in [1.29, 1.82) is 0 Å². The van der Waals surface area contributed by atoms with Gasteiger partial charge < -0.3 is 5.73 Å². The summed E-state index contributed by atoms with van der Waals surface area (Å²) in [5.41, 5.74) is 5.37. The Hall–Kier alpha value is -0.200. The van der Waals surface area contributed by atoms with Crippen molar-refractivity contribution < 1.29 is 8.42 Å². The highest BCUT2D eigenvalue weighted by atomic mass is 32.2. The molecule has 6 heteroatoms. The summed E-state index contributed by atoms with van der Waals surface area (Å²) in [6, 6.07) is 0. The van der Waals surface area contributed by atoms with E-state index in [1.165, 1.54) is 0 Å². The number of sulfonamides is 1. The second-order valence-corrected chi connectivity index (χ2v) is 7.26. The van der Waals surface area contributed by atoms with Gasteiger partial charge in [-0.1, -0.05) is 19.1 Å². The van der Waals surface area contributed by atoms with Crippen LogP contribution < -0.4 is 10.5 Å². The largest absolute Gasteiger partial charge is 0.393 e. The van der Waals surface area contributed by atoms with Gasteiger partial charge in [0.25, 0.3) is 0 Å². The molecule has 84 valence electrons. The maximum Gasteiger partial charge on any atom is 0.216 e. The van der Waals surface area contributed by atoms with Crippen molar-refractivity contribution >= 4 is 27.2 Å². The van der Waals surface area contributed by atoms with E-state index in [1.807, 2.05) is 0 Å². The van der Waals surface area contributed by atoms with E-state index >= 15 is 0 Å². The van der Waals surface area contributed by atoms with Crippen molar-refractivity contribution in [2.75, 3.05) is 6.54 Å². The number of thiocarbonyl (C=S) groups is 1. The molecule has 0 saturated heterocycles. The smallest absolute Gasteiger partial charge is 0.216 e. The Morgan fingerprint density at radius 2 is 1.93 bits per heavy atom. The van der Waals surface area contributed by atoms with Gasteiger partial charge in [0.05, 0.1) is 9.74 Å². The molecule has 0 spiro atoms. The zero-order chi connectivity index (χ0) is 11.6. The third kappa shape index (κ3) is 3.89. The lowest BCUT2D eigenvalue weighted by Gasteiger charge is -2.21. The molecule has 0 aliphatic heterocycles. The van der Waals surface area contributed by atoms with Crippen molar-refractivity contribution in [2.45, 2.75) is 32.4 Å². The molecule has 4 nitrogen and oxygen atoms in total. The molecule has 0 radical (unpaired) electrons. The molecule has 14 heavy (non-hydrogen) atoms. The average molecular weight is 238 g/mol. The number of nitrogens with two attached hydrogens (primary N) is 1. The second kappa shape index (κ2) is 4.55. The molecule has 3 N–H and O–H groups in total. The Morgan fingerprint density at radius 1 is 1.50 bits per heavy atom. The zero-order valence-electron chi connectivity index (χ0n) is 8.99. The van der Waals surface area contributed by atoms with Crippen LogP contribution in [0, 0.1) is 5.92 Å². The van der Waals surface area contributed by atoms with Crippen LogP contribution in [0.3, 0.4) is 0 Å². The zero-order valence-corrected chi connectivity index (χ0v) is 10.6. The lowest BCUT2D eigenvalue weighted by Crippen LogP contribution is -2.42. The van der Waals surface area contributed by atoms with Crippen molar-refractivity contribution in [3.05, 3.63) is 0 Å². The third-order valence-electron chi connectivity index (χ3n) is 1.87. The van der Waals surface area contributed by atoms with Crippen LogP contribution in [0.5, 0.6) is 0 Å². The van der Waals surface area contributed by atoms with Gasteiger partial charge in [0.1, 0.15) is 0 Å². The summed E-state index contributed by atoms with van der Waals surface area (Å²) in [6.07, 6.45) is 0. The third-order valence-corrected chi connectivity index (χ3v) is 4.43. The summed E-state index contributed by atoms with van der Waals surface area (Å²) in [5, 5.41) is 0. The molecule has 0 aromatic rings. The van der Waals surface area contributed by atoms with E-state index in [0.29, 0.717) is 4.99 Å². The first-order valence-corrected chi connectivity index (χ1v) is 6.25. The fraction of sp³-hybridized carbons (Fsp3) is 0.875. The Bertz CT molecular complexity index is 304. The van der Waals surface area contributed by atoms with Crippen molar-refractivity contribution in [1.82, 2.24) is 4.72 Å². The number of hydrogen-bond acceptors (Lipinski definition) is 3. The van der Waals surface area contributed by atoms with Gasteiger partial charge in [0.15, 0.2) is 0 Å². The minimum Gasteiger partial charge on any atom is -0.393 e. The van der Waals surface area contributed by atoms with Gasteiger partial charge in [-0.15, -0.1) is 0 Å². The first kappa shape index (κ1) is 13.8. The summed E-state index contributed by atoms with van der Waals surface area (Å²) in [6.45, 7) is 6.96. The van der Waals surface area contributed by atoms with Gasteiger partial charge in [-0.2, -0.15) is 0 Å². The van der Waals surface area contributed by atoms with E-state index < -0.39 is 14.8 Å². The SMILES string of the molecule is CC(CNS(=O)(=O)C(C)(C)C)C(N)=S. The maximum absolute atomic E-state index is 11.6. The Morgan fingerprint density at radius 3 is 2.21 bits per heavy atom. The normalized spacial score (nSPS) is 15.1. The van der Waals surface area contributed by atoms with Crippen LogP contribution in [0.25, 0.3) is 0 Å². The molecule has 0 heterocycles. The van der Waals surface area contributed by atoms with Crippen LogP contribution in [-0.4, -0.2) is 24.7 Å².